The van der Waals surface area contributed by atoms with Gasteiger partial charge in [0.2, 0.25) is 0 Å². The van der Waals surface area contributed by atoms with Gasteiger partial charge in [0, 0.05) is 44.0 Å². The van der Waals surface area contributed by atoms with Crippen molar-refractivity contribution in [3.63, 3.8) is 0 Å². The number of nitrogens with two attached hydrogens (primary N) is 1. The Morgan fingerprint density at radius 2 is 1.96 bits per heavy atom. The fourth-order valence-electron chi connectivity index (χ4n) is 3.17. The smallest absolute Gasteiger partial charge is 0.273 e. The molecule has 1 saturated heterocycles. The van der Waals surface area contributed by atoms with Crippen molar-refractivity contribution in [2.75, 3.05) is 26.2 Å². The third kappa shape index (κ3) is 6.43. The molecule has 2 aromatic rings. The number of halogens is 2. The van der Waals surface area contributed by atoms with Gasteiger partial charge in [-0.2, -0.15) is 0 Å². The Bertz CT molecular complexity index is 698. The molecule has 0 spiro atoms. The highest BCUT2D eigenvalue weighted by Gasteiger charge is 2.25. The van der Waals surface area contributed by atoms with Crippen molar-refractivity contribution >= 4 is 42.1 Å². The van der Waals surface area contributed by atoms with Crippen LogP contribution in [-0.4, -0.2) is 52.9 Å². The van der Waals surface area contributed by atoms with Crippen LogP contribution in [0.3, 0.4) is 0 Å². The first-order chi connectivity index (χ1) is 12.2. The molecule has 0 aliphatic carbocycles. The zero-order chi connectivity index (χ0) is 17.6. The number of aromatic nitrogens is 1. The number of carbonyl (C=O) groups is 1. The van der Waals surface area contributed by atoms with E-state index in [2.05, 4.69) is 41.1 Å². The summed E-state index contributed by atoms with van der Waals surface area (Å²) >= 11 is 1.53. The van der Waals surface area contributed by atoms with E-state index in [9.17, 15) is 4.79 Å². The van der Waals surface area contributed by atoms with Gasteiger partial charge in [-0.25, -0.2) is 4.98 Å². The fraction of sp³-hybridized carbons (Fsp3) is 0.474. The molecule has 5 nitrogen and oxygen atoms in total. The van der Waals surface area contributed by atoms with Gasteiger partial charge in [0.15, 0.2) is 0 Å². The van der Waals surface area contributed by atoms with Crippen LogP contribution >= 0.6 is 36.2 Å². The summed E-state index contributed by atoms with van der Waals surface area (Å²) in [6, 6.07) is 11.0. The molecule has 1 aromatic carbocycles. The minimum Gasteiger partial charge on any atom is -0.336 e. The van der Waals surface area contributed by atoms with Gasteiger partial charge in [0.25, 0.3) is 5.91 Å². The summed E-state index contributed by atoms with van der Waals surface area (Å²) in [5.74, 6) is 0.0493. The lowest BCUT2D eigenvalue weighted by molar-refractivity contribution is 0.0756. The van der Waals surface area contributed by atoms with Crippen LogP contribution in [0.2, 0.25) is 0 Å². The van der Waals surface area contributed by atoms with Crippen LogP contribution in [-0.2, 0) is 13.0 Å². The number of rotatable bonds is 5. The molecule has 150 valence electrons. The second-order valence-electron chi connectivity index (χ2n) is 6.55. The lowest BCUT2D eigenvalue weighted by atomic mass is 10.1. The summed E-state index contributed by atoms with van der Waals surface area (Å²) in [6.07, 6.45) is 1.72. The lowest BCUT2D eigenvalue weighted by Crippen LogP contribution is -2.36. The number of thiazole rings is 1. The molecular formula is C19H28Cl2N4OS. The van der Waals surface area contributed by atoms with Gasteiger partial charge < -0.3 is 10.6 Å². The van der Waals surface area contributed by atoms with Crippen LogP contribution < -0.4 is 5.73 Å². The van der Waals surface area contributed by atoms with E-state index in [1.807, 2.05) is 16.3 Å². The average Bonchev–Trinajstić information content (AvgIpc) is 3.02. The number of hydrogen-bond acceptors (Lipinski definition) is 5. The van der Waals surface area contributed by atoms with Crippen LogP contribution in [0.1, 0.15) is 34.4 Å². The van der Waals surface area contributed by atoms with Crippen molar-refractivity contribution in [1.29, 1.82) is 0 Å². The van der Waals surface area contributed by atoms with E-state index in [0.29, 0.717) is 18.3 Å². The molecule has 0 radical (unpaired) electrons. The summed E-state index contributed by atoms with van der Waals surface area (Å²) in [5.41, 5.74) is 7.46. The van der Waals surface area contributed by atoms with E-state index < -0.39 is 0 Å². The molecule has 2 heterocycles. The maximum Gasteiger partial charge on any atom is 0.273 e. The first kappa shape index (κ1) is 23.9. The summed E-state index contributed by atoms with van der Waals surface area (Å²) < 4.78 is 0. The Balaban J connectivity index is 0.00000182. The minimum atomic E-state index is 0. The Kier molecular flexibility index (Phi) is 10.3. The molecule has 1 amide bonds. The first-order valence-electron chi connectivity index (χ1n) is 8.89. The molecule has 1 fully saturated rings. The molecule has 1 atom stereocenters. The molecule has 0 saturated carbocycles. The molecule has 3 rings (SSSR count). The van der Waals surface area contributed by atoms with E-state index in [4.69, 9.17) is 5.73 Å². The van der Waals surface area contributed by atoms with Gasteiger partial charge in [0.05, 0.1) is 5.01 Å². The third-order valence-corrected chi connectivity index (χ3v) is 5.65. The summed E-state index contributed by atoms with van der Waals surface area (Å²) in [6.45, 7) is 6.17. The molecule has 1 unspecified atom stereocenters. The normalized spacial score (nSPS) is 17.6. The van der Waals surface area contributed by atoms with E-state index in [-0.39, 0.29) is 30.7 Å². The van der Waals surface area contributed by atoms with Crippen molar-refractivity contribution < 1.29 is 4.79 Å². The van der Waals surface area contributed by atoms with Gasteiger partial charge in [-0.15, -0.1) is 36.2 Å². The third-order valence-electron chi connectivity index (χ3n) is 4.74. The van der Waals surface area contributed by atoms with Gasteiger partial charge in [-0.1, -0.05) is 30.3 Å². The molecule has 1 aliphatic heterocycles. The number of carbonyl (C=O) groups excluding carboxylic acids is 1. The molecule has 27 heavy (non-hydrogen) atoms. The minimum absolute atomic E-state index is 0. The average molecular weight is 431 g/mol. The van der Waals surface area contributed by atoms with Crippen molar-refractivity contribution in [1.82, 2.24) is 14.8 Å². The van der Waals surface area contributed by atoms with Crippen LogP contribution in [0.15, 0.2) is 35.7 Å². The van der Waals surface area contributed by atoms with Crippen LogP contribution in [0.5, 0.6) is 0 Å². The molecule has 8 heteroatoms. The number of benzene rings is 1. The maximum absolute atomic E-state index is 12.8. The van der Waals surface area contributed by atoms with Crippen molar-refractivity contribution in [2.45, 2.75) is 32.4 Å². The second-order valence-corrected chi connectivity index (χ2v) is 7.49. The zero-order valence-corrected chi connectivity index (χ0v) is 18.0. The predicted molar refractivity (Wildman–Crippen MR) is 116 cm³/mol. The van der Waals surface area contributed by atoms with Crippen molar-refractivity contribution in [3.05, 3.63) is 52.0 Å². The molecular weight excluding hydrogens is 403 g/mol. The monoisotopic (exact) mass is 430 g/mol. The van der Waals surface area contributed by atoms with Crippen LogP contribution in [0, 0.1) is 0 Å². The van der Waals surface area contributed by atoms with Gasteiger partial charge in [-0.3, -0.25) is 9.69 Å². The highest BCUT2D eigenvalue weighted by atomic mass is 35.5. The zero-order valence-electron chi connectivity index (χ0n) is 15.5. The van der Waals surface area contributed by atoms with E-state index in [1.54, 1.807) is 0 Å². The Labute approximate surface area is 177 Å². The Morgan fingerprint density at radius 3 is 2.67 bits per heavy atom. The summed E-state index contributed by atoms with van der Waals surface area (Å²) in [7, 11) is 0. The molecule has 1 aliphatic rings. The maximum atomic E-state index is 12.8. The molecule has 1 aromatic heterocycles. The van der Waals surface area contributed by atoms with Crippen LogP contribution in [0.4, 0.5) is 0 Å². The topological polar surface area (TPSA) is 62.5 Å². The summed E-state index contributed by atoms with van der Waals surface area (Å²) in [5, 5.41) is 2.81. The predicted octanol–water partition coefficient (Wildman–Crippen LogP) is 3.22. The highest BCUT2D eigenvalue weighted by Crippen LogP contribution is 2.18. The summed E-state index contributed by atoms with van der Waals surface area (Å²) in [4.78, 5) is 21.6. The number of nitrogens with zero attached hydrogens (tertiary/aromatic N) is 3. The van der Waals surface area contributed by atoms with Crippen LogP contribution in [0.25, 0.3) is 0 Å². The van der Waals surface area contributed by atoms with Crippen molar-refractivity contribution in [3.8, 4) is 0 Å². The van der Waals surface area contributed by atoms with E-state index >= 15 is 0 Å². The van der Waals surface area contributed by atoms with Gasteiger partial charge in [-0.05, 0) is 25.5 Å². The number of hydrogen-bond donors (Lipinski definition) is 1. The van der Waals surface area contributed by atoms with Gasteiger partial charge >= 0.3 is 0 Å². The van der Waals surface area contributed by atoms with Gasteiger partial charge in [0.1, 0.15) is 5.69 Å². The number of amides is 1. The Hall–Kier alpha value is -1.18. The largest absolute Gasteiger partial charge is 0.336 e. The standard InChI is InChI=1S/C19H26N4OS.2ClH/c1-15-8-10-22(19(24)17-14-25-18(21-17)7-9-20)11-12-23(15)13-16-5-3-2-4-6-16;;/h2-6,14-15H,7-13,20H2,1H3;2*1H. The van der Waals surface area contributed by atoms with Crippen molar-refractivity contribution in [2.24, 2.45) is 5.73 Å². The molecule has 2 N–H and O–H groups in total. The first-order valence-corrected chi connectivity index (χ1v) is 9.77. The quantitative estimate of drug-likeness (QED) is 0.790. The Morgan fingerprint density at radius 1 is 1.22 bits per heavy atom. The lowest BCUT2D eigenvalue weighted by Gasteiger charge is -2.26. The fourth-order valence-corrected chi connectivity index (χ4v) is 3.96. The highest BCUT2D eigenvalue weighted by molar-refractivity contribution is 7.09. The molecule has 0 bridgehead atoms. The van der Waals surface area contributed by atoms with E-state index in [1.165, 1.54) is 16.9 Å². The SMILES string of the molecule is CC1CCN(C(=O)c2csc(CCN)n2)CCN1Cc1ccccc1.Cl.Cl. The van der Waals surface area contributed by atoms with E-state index in [0.717, 1.165) is 44.0 Å². The second kappa shape index (κ2) is 11.6.